The van der Waals surface area contributed by atoms with E-state index in [0.29, 0.717) is 18.0 Å². The molecule has 156 valence electrons. The summed E-state index contributed by atoms with van der Waals surface area (Å²) in [7, 11) is -3.41. The van der Waals surface area contributed by atoms with Gasteiger partial charge in [-0.3, -0.25) is 0 Å². The second-order valence-corrected chi connectivity index (χ2v) is 8.92. The van der Waals surface area contributed by atoms with Crippen LogP contribution in [-0.2, 0) is 29.5 Å². The minimum absolute atomic E-state index is 0.107. The largest absolute Gasteiger partial charge is 0.357 e. The van der Waals surface area contributed by atoms with E-state index in [1.54, 1.807) is 12.1 Å². The lowest BCUT2D eigenvalue weighted by Gasteiger charge is -2.13. The van der Waals surface area contributed by atoms with Crippen LogP contribution >= 0.6 is 0 Å². The van der Waals surface area contributed by atoms with Crippen LogP contribution in [0, 0.1) is 0 Å². The van der Waals surface area contributed by atoms with E-state index in [1.807, 2.05) is 25.1 Å². The van der Waals surface area contributed by atoms with E-state index >= 15 is 0 Å². The van der Waals surface area contributed by atoms with Crippen LogP contribution in [0.4, 0.5) is 0 Å². The molecule has 0 radical (unpaired) electrons. The van der Waals surface area contributed by atoms with Gasteiger partial charge in [-0.15, -0.1) is 0 Å². The summed E-state index contributed by atoms with van der Waals surface area (Å²) in [5.74, 6) is 0.741. The number of nitrogens with zero attached hydrogens (tertiary/aromatic N) is 1. The van der Waals surface area contributed by atoms with Gasteiger partial charge in [0.15, 0.2) is 5.96 Å². The number of hydrogen-bond donors (Lipinski definition) is 3. The molecule has 0 saturated heterocycles. The highest BCUT2D eigenvalue weighted by Gasteiger charge is 2.27. The van der Waals surface area contributed by atoms with Gasteiger partial charge in [0.1, 0.15) is 0 Å². The molecule has 29 heavy (non-hydrogen) atoms. The standard InChI is InChI=1S/C22H30N4O2S/c1-3-18-7-5-6-8-19(18)16-25-22(23-4-2)24-15-17-9-13-21(14-10-17)29(27,28)26-20-11-12-20/h5-10,13-14,20,26H,3-4,11-12,15-16H2,1-2H3,(H2,23,24,25). The second-order valence-electron chi connectivity index (χ2n) is 7.21. The van der Waals surface area contributed by atoms with Gasteiger partial charge in [0.05, 0.1) is 11.4 Å². The molecule has 0 unspecified atom stereocenters. The summed E-state index contributed by atoms with van der Waals surface area (Å²) in [4.78, 5) is 4.94. The van der Waals surface area contributed by atoms with E-state index in [4.69, 9.17) is 0 Å². The van der Waals surface area contributed by atoms with E-state index < -0.39 is 10.0 Å². The lowest BCUT2D eigenvalue weighted by Crippen LogP contribution is -2.37. The molecule has 1 aliphatic rings. The highest BCUT2D eigenvalue weighted by Crippen LogP contribution is 2.22. The van der Waals surface area contributed by atoms with Crippen LogP contribution in [0.5, 0.6) is 0 Å². The molecule has 3 rings (SSSR count). The van der Waals surface area contributed by atoms with Crippen LogP contribution in [0.1, 0.15) is 43.4 Å². The molecule has 3 N–H and O–H groups in total. The molecule has 1 aliphatic carbocycles. The zero-order chi connectivity index (χ0) is 20.7. The predicted octanol–water partition coefficient (Wildman–Crippen LogP) is 2.95. The Labute approximate surface area is 173 Å². The fraction of sp³-hybridized carbons (Fsp3) is 0.409. The van der Waals surface area contributed by atoms with Crippen LogP contribution in [0.3, 0.4) is 0 Å². The Bertz CT molecular complexity index is 936. The van der Waals surface area contributed by atoms with Gasteiger partial charge in [-0.05, 0) is 55.0 Å². The van der Waals surface area contributed by atoms with Crippen molar-refractivity contribution in [1.29, 1.82) is 0 Å². The summed E-state index contributed by atoms with van der Waals surface area (Å²) >= 11 is 0. The van der Waals surface area contributed by atoms with E-state index in [0.717, 1.165) is 37.3 Å². The third kappa shape index (κ3) is 6.30. The first kappa shape index (κ1) is 21.3. The Morgan fingerprint density at radius 3 is 2.31 bits per heavy atom. The van der Waals surface area contributed by atoms with Crippen LogP contribution in [-0.4, -0.2) is 27.0 Å². The summed E-state index contributed by atoms with van der Waals surface area (Å²) < 4.78 is 27.2. The lowest BCUT2D eigenvalue weighted by molar-refractivity contribution is 0.581. The van der Waals surface area contributed by atoms with Crippen LogP contribution in [0.25, 0.3) is 0 Å². The summed E-state index contributed by atoms with van der Waals surface area (Å²) in [5.41, 5.74) is 3.55. The van der Waals surface area contributed by atoms with Crippen LogP contribution < -0.4 is 15.4 Å². The Balaban J connectivity index is 1.62. The third-order valence-corrected chi connectivity index (χ3v) is 6.38. The molecule has 0 spiro atoms. The molecule has 0 aromatic heterocycles. The van der Waals surface area contributed by atoms with Crippen molar-refractivity contribution in [2.24, 2.45) is 4.99 Å². The van der Waals surface area contributed by atoms with E-state index in [2.05, 4.69) is 45.5 Å². The number of rotatable bonds is 9. The molecule has 0 bridgehead atoms. The molecule has 7 heteroatoms. The molecule has 0 heterocycles. The number of aliphatic imine (C=N–C) groups is 1. The monoisotopic (exact) mass is 414 g/mol. The maximum Gasteiger partial charge on any atom is 0.240 e. The minimum Gasteiger partial charge on any atom is -0.357 e. The summed E-state index contributed by atoms with van der Waals surface area (Å²) in [6.45, 7) is 6.14. The van der Waals surface area contributed by atoms with E-state index in [-0.39, 0.29) is 6.04 Å². The molecule has 1 fully saturated rings. The van der Waals surface area contributed by atoms with Gasteiger partial charge in [0.25, 0.3) is 0 Å². The lowest BCUT2D eigenvalue weighted by atomic mass is 10.1. The fourth-order valence-corrected chi connectivity index (χ4v) is 4.33. The van der Waals surface area contributed by atoms with E-state index in [1.165, 1.54) is 11.1 Å². The first-order chi connectivity index (χ1) is 14.0. The number of sulfonamides is 1. The fourth-order valence-electron chi connectivity index (χ4n) is 3.03. The van der Waals surface area contributed by atoms with Gasteiger partial charge in [-0.25, -0.2) is 18.1 Å². The highest BCUT2D eigenvalue weighted by atomic mass is 32.2. The molecule has 0 atom stereocenters. The van der Waals surface area contributed by atoms with Crippen molar-refractivity contribution in [3.63, 3.8) is 0 Å². The quantitative estimate of drug-likeness (QED) is 0.435. The van der Waals surface area contributed by atoms with Crippen molar-refractivity contribution in [1.82, 2.24) is 15.4 Å². The van der Waals surface area contributed by atoms with Gasteiger partial charge in [0, 0.05) is 19.1 Å². The van der Waals surface area contributed by atoms with Crippen LogP contribution in [0.2, 0.25) is 0 Å². The van der Waals surface area contributed by atoms with Crippen molar-refractivity contribution >= 4 is 16.0 Å². The van der Waals surface area contributed by atoms with Gasteiger partial charge in [-0.2, -0.15) is 0 Å². The molecule has 2 aromatic carbocycles. The van der Waals surface area contributed by atoms with Crippen molar-refractivity contribution in [2.75, 3.05) is 6.54 Å². The molecule has 2 aromatic rings. The molecule has 6 nitrogen and oxygen atoms in total. The number of guanidine groups is 1. The summed E-state index contributed by atoms with van der Waals surface area (Å²) in [6.07, 6.45) is 2.85. The van der Waals surface area contributed by atoms with Crippen LogP contribution in [0.15, 0.2) is 58.4 Å². The van der Waals surface area contributed by atoms with Gasteiger partial charge >= 0.3 is 0 Å². The summed E-state index contributed by atoms with van der Waals surface area (Å²) in [5, 5.41) is 6.64. The Morgan fingerprint density at radius 1 is 1.00 bits per heavy atom. The maximum absolute atomic E-state index is 12.3. The molecular formula is C22H30N4O2S. The topological polar surface area (TPSA) is 82.6 Å². The number of benzene rings is 2. The predicted molar refractivity (Wildman–Crippen MR) is 117 cm³/mol. The summed E-state index contributed by atoms with van der Waals surface area (Å²) in [6, 6.07) is 15.4. The zero-order valence-electron chi connectivity index (χ0n) is 17.1. The molecule has 0 amide bonds. The van der Waals surface area contributed by atoms with Gasteiger partial charge in [0.2, 0.25) is 10.0 Å². The van der Waals surface area contributed by atoms with E-state index in [9.17, 15) is 8.42 Å². The third-order valence-electron chi connectivity index (χ3n) is 4.84. The van der Waals surface area contributed by atoms with Crippen molar-refractivity contribution in [3.05, 3.63) is 65.2 Å². The minimum atomic E-state index is -3.41. The normalized spacial score (nSPS) is 14.6. The molecule has 1 saturated carbocycles. The van der Waals surface area contributed by atoms with Gasteiger partial charge in [-0.1, -0.05) is 43.3 Å². The smallest absolute Gasteiger partial charge is 0.240 e. The number of aryl methyl sites for hydroxylation is 1. The average Bonchev–Trinajstić information content (AvgIpc) is 3.54. The molecular weight excluding hydrogens is 384 g/mol. The maximum atomic E-state index is 12.3. The Kier molecular flexibility index (Phi) is 7.28. The Hall–Kier alpha value is -2.38. The number of nitrogens with one attached hydrogen (secondary N) is 3. The average molecular weight is 415 g/mol. The first-order valence-corrected chi connectivity index (χ1v) is 11.7. The zero-order valence-corrected chi connectivity index (χ0v) is 17.9. The molecule has 0 aliphatic heterocycles. The van der Waals surface area contributed by atoms with Crippen molar-refractivity contribution < 1.29 is 8.42 Å². The van der Waals surface area contributed by atoms with Crippen molar-refractivity contribution in [3.8, 4) is 0 Å². The Morgan fingerprint density at radius 2 is 1.69 bits per heavy atom. The number of hydrogen-bond acceptors (Lipinski definition) is 3. The first-order valence-electron chi connectivity index (χ1n) is 10.2. The van der Waals surface area contributed by atoms with Crippen molar-refractivity contribution in [2.45, 2.75) is 57.1 Å². The second kappa shape index (κ2) is 9.89. The highest BCUT2D eigenvalue weighted by molar-refractivity contribution is 7.89. The van der Waals surface area contributed by atoms with Gasteiger partial charge < -0.3 is 10.6 Å². The SMILES string of the molecule is CCNC(=NCc1ccc(S(=O)(=O)NC2CC2)cc1)NCc1ccccc1CC.